The van der Waals surface area contributed by atoms with E-state index in [1.807, 2.05) is 6.07 Å². The number of aryl methyl sites for hydroxylation is 1. The molecule has 1 aromatic heterocycles. The van der Waals surface area contributed by atoms with Crippen molar-refractivity contribution in [3.8, 4) is 0 Å². The second kappa shape index (κ2) is 5.26. The number of ether oxygens (including phenoxy) is 1. The van der Waals surface area contributed by atoms with E-state index >= 15 is 0 Å². The van der Waals surface area contributed by atoms with Crippen LogP contribution in [0.15, 0.2) is 10.5 Å². The monoisotopic (exact) mass is 276 g/mol. The van der Waals surface area contributed by atoms with Gasteiger partial charge < -0.3 is 4.74 Å². The van der Waals surface area contributed by atoms with Crippen LogP contribution in [0, 0.1) is 0 Å². The van der Waals surface area contributed by atoms with Gasteiger partial charge in [0, 0.05) is 9.35 Å². The second-order valence-corrected chi connectivity index (χ2v) is 4.64. The van der Waals surface area contributed by atoms with Gasteiger partial charge in [-0.2, -0.15) is 0 Å². The molecule has 0 aromatic carbocycles. The molecular weight excluding hydrogens is 268 g/mol. The van der Waals surface area contributed by atoms with E-state index in [4.69, 9.17) is 0 Å². The number of esters is 1. The Morgan fingerprint density at radius 1 is 1.71 bits per heavy atom. The third-order valence-corrected chi connectivity index (χ3v) is 3.71. The number of aldehydes is 1. The van der Waals surface area contributed by atoms with Crippen molar-refractivity contribution in [2.24, 2.45) is 0 Å². The number of hydrogen-bond acceptors (Lipinski definition) is 4. The van der Waals surface area contributed by atoms with Gasteiger partial charge in [-0.15, -0.1) is 11.3 Å². The molecule has 0 atom stereocenters. The van der Waals surface area contributed by atoms with E-state index in [-0.39, 0.29) is 5.97 Å². The summed E-state index contributed by atoms with van der Waals surface area (Å²) in [6.45, 7) is 0. The van der Waals surface area contributed by atoms with Gasteiger partial charge in [0.05, 0.1) is 18.4 Å². The van der Waals surface area contributed by atoms with Crippen molar-refractivity contribution in [3.05, 3.63) is 20.3 Å². The number of carbonyl (C=O) groups is 2. The first-order valence-electron chi connectivity index (χ1n) is 3.97. The molecule has 0 aliphatic rings. The lowest BCUT2D eigenvalue weighted by Crippen LogP contribution is -2.00. The number of thiophene rings is 1. The summed E-state index contributed by atoms with van der Waals surface area (Å²) in [5.41, 5.74) is 0. The maximum absolute atomic E-state index is 10.8. The highest BCUT2D eigenvalue weighted by Gasteiger charge is 2.07. The molecule has 0 aliphatic carbocycles. The second-order valence-electron chi connectivity index (χ2n) is 2.62. The zero-order chi connectivity index (χ0) is 10.6. The largest absolute Gasteiger partial charge is 0.469 e. The molecule has 0 unspecified atom stereocenters. The molecule has 0 bridgehead atoms. The van der Waals surface area contributed by atoms with Gasteiger partial charge in [0.25, 0.3) is 0 Å². The van der Waals surface area contributed by atoms with Crippen LogP contribution in [0.25, 0.3) is 0 Å². The lowest BCUT2D eigenvalue weighted by Gasteiger charge is -1.95. The van der Waals surface area contributed by atoms with Gasteiger partial charge in [0.1, 0.15) is 0 Å². The summed E-state index contributed by atoms with van der Waals surface area (Å²) in [4.78, 5) is 23.0. The van der Waals surface area contributed by atoms with Gasteiger partial charge in [0.2, 0.25) is 0 Å². The van der Waals surface area contributed by atoms with Crippen LogP contribution in [0.2, 0.25) is 0 Å². The molecule has 0 fully saturated rings. The summed E-state index contributed by atoms with van der Waals surface area (Å²) in [7, 11) is 1.36. The van der Waals surface area contributed by atoms with Crippen LogP contribution in [0.5, 0.6) is 0 Å². The van der Waals surface area contributed by atoms with E-state index in [2.05, 4.69) is 20.7 Å². The molecule has 0 radical (unpaired) electrons. The van der Waals surface area contributed by atoms with E-state index in [0.29, 0.717) is 17.7 Å². The molecule has 0 saturated heterocycles. The molecule has 0 aliphatic heterocycles. The minimum absolute atomic E-state index is 0.234. The number of methoxy groups -OCH3 is 1. The highest BCUT2D eigenvalue weighted by atomic mass is 79.9. The van der Waals surface area contributed by atoms with Gasteiger partial charge in [-0.25, -0.2) is 0 Å². The van der Waals surface area contributed by atoms with E-state index in [1.165, 1.54) is 18.4 Å². The number of carbonyl (C=O) groups excluding carboxylic acids is 2. The van der Waals surface area contributed by atoms with Gasteiger partial charge >= 0.3 is 5.97 Å². The molecular formula is C9H9BrO3S. The average molecular weight is 277 g/mol. The number of hydrogen-bond donors (Lipinski definition) is 0. The molecule has 0 N–H and O–H groups in total. The maximum atomic E-state index is 10.8. The Hall–Kier alpha value is -0.680. The van der Waals surface area contributed by atoms with Crippen molar-refractivity contribution in [2.75, 3.05) is 7.11 Å². The molecule has 14 heavy (non-hydrogen) atoms. The lowest BCUT2D eigenvalue weighted by atomic mass is 10.3. The van der Waals surface area contributed by atoms with Gasteiger partial charge in [0.15, 0.2) is 6.29 Å². The Morgan fingerprint density at radius 3 is 2.93 bits per heavy atom. The van der Waals surface area contributed by atoms with Crippen molar-refractivity contribution in [1.29, 1.82) is 0 Å². The van der Waals surface area contributed by atoms with Gasteiger partial charge in [-0.1, -0.05) is 0 Å². The third kappa shape index (κ3) is 2.92. The standard InChI is InChI=1S/C9H9BrO3S/c1-13-9(12)3-2-6-4-7(10)8(5-11)14-6/h4-5H,2-3H2,1H3. The molecule has 1 heterocycles. The first-order chi connectivity index (χ1) is 6.67. The molecule has 0 saturated carbocycles. The van der Waals surface area contributed by atoms with Crippen molar-refractivity contribution in [3.63, 3.8) is 0 Å². The highest BCUT2D eigenvalue weighted by molar-refractivity contribution is 9.10. The first-order valence-corrected chi connectivity index (χ1v) is 5.58. The van der Waals surface area contributed by atoms with Crippen molar-refractivity contribution in [1.82, 2.24) is 0 Å². The summed E-state index contributed by atoms with van der Waals surface area (Å²) in [5, 5.41) is 0. The van der Waals surface area contributed by atoms with E-state index in [9.17, 15) is 9.59 Å². The minimum Gasteiger partial charge on any atom is -0.469 e. The quantitative estimate of drug-likeness (QED) is 0.627. The van der Waals surface area contributed by atoms with Crippen LogP contribution in [0.3, 0.4) is 0 Å². The predicted octanol–water partition coefficient (Wildman–Crippen LogP) is 2.43. The molecule has 0 spiro atoms. The highest BCUT2D eigenvalue weighted by Crippen LogP contribution is 2.26. The molecule has 0 amide bonds. The van der Waals surface area contributed by atoms with E-state index in [0.717, 1.165) is 15.6 Å². The molecule has 1 rings (SSSR count). The van der Waals surface area contributed by atoms with Crippen LogP contribution >= 0.6 is 27.3 Å². The zero-order valence-electron chi connectivity index (χ0n) is 7.58. The Kier molecular flexibility index (Phi) is 4.28. The SMILES string of the molecule is COC(=O)CCc1cc(Br)c(C=O)s1. The Morgan fingerprint density at radius 2 is 2.43 bits per heavy atom. The van der Waals surface area contributed by atoms with E-state index < -0.39 is 0 Å². The van der Waals surface area contributed by atoms with Crippen molar-refractivity contribution < 1.29 is 14.3 Å². The summed E-state index contributed by atoms with van der Waals surface area (Å²) < 4.78 is 5.31. The Bertz CT molecular complexity index is 346. The molecule has 3 nitrogen and oxygen atoms in total. The molecule has 5 heteroatoms. The van der Waals surface area contributed by atoms with E-state index in [1.54, 1.807) is 0 Å². The Labute approximate surface area is 94.2 Å². The smallest absolute Gasteiger partial charge is 0.305 e. The fourth-order valence-corrected chi connectivity index (χ4v) is 2.59. The van der Waals surface area contributed by atoms with Crippen LogP contribution in [-0.4, -0.2) is 19.4 Å². The van der Waals surface area contributed by atoms with Gasteiger partial charge in [-0.3, -0.25) is 9.59 Å². The van der Waals surface area contributed by atoms with Crippen molar-refractivity contribution >= 4 is 39.5 Å². The Balaban J connectivity index is 2.59. The zero-order valence-corrected chi connectivity index (χ0v) is 9.98. The summed E-state index contributed by atoms with van der Waals surface area (Å²) in [6, 6.07) is 1.86. The topological polar surface area (TPSA) is 43.4 Å². The lowest BCUT2D eigenvalue weighted by molar-refractivity contribution is -0.140. The first kappa shape index (κ1) is 11.4. The number of halogens is 1. The molecule has 1 aromatic rings. The van der Waals surface area contributed by atoms with Crippen LogP contribution in [0.4, 0.5) is 0 Å². The predicted molar refractivity (Wildman–Crippen MR) is 57.7 cm³/mol. The van der Waals surface area contributed by atoms with Crippen molar-refractivity contribution in [2.45, 2.75) is 12.8 Å². The fourth-order valence-electron chi connectivity index (χ4n) is 0.963. The maximum Gasteiger partial charge on any atom is 0.305 e. The van der Waals surface area contributed by atoms with Crippen LogP contribution in [0.1, 0.15) is 21.0 Å². The summed E-state index contributed by atoms with van der Waals surface area (Å²) >= 11 is 4.65. The van der Waals surface area contributed by atoms with Crippen LogP contribution in [-0.2, 0) is 16.0 Å². The number of rotatable bonds is 4. The van der Waals surface area contributed by atoms with Gasteiger partial charge in [-0.05, 0) is 28.4 Å². The minimum atomic E-state index is -0.234. The summed E-state index contributed by atoms with van der Waals surface area (Å²) in [5.74, 6) is -0.234. The fraction of sp³-hybridized carbons (Fsp3) is 0.333. The summed E-state index contributed by atoms with van der Waals surface area (Å²) in [6.07, 6.45) is 1.77. The normalized spacial score (nSPS) is 9.86. The molecule has 76 valence electrons. The third-order valence-electron chi connectivity index (χ3n) is 1.67. The average Bonchev–Trinajstić information content (AvgIpc) is 2.55. The van der Waals surface area contributed by atoms with Crippen LogP contribution < -0.4 is 0 Å².